The fourth-order valence-electron chi connectivity index (χ4n) is 7.41. The highest BCUT2D eigenvalue weighted by Gasteiger charge is 2.21. The molecule has 0 saturated carbocycles. The number of para-hydroxylation sites is 1. The Bertz CT molecular complexity index is 2900. The van der Waals surface area contributed by atoms with Crippen LogP contribution in [0.4, 0.5) is 0 Å². The first kappa shape index (κ1) is 33.0. The summed E-state index contributed by atoms with van der Waals surface area (Å²) in [7, 11) is 0. The van der Waals surface area contributed by atoms with Gasteiger partial charge in [-0.1, -0.05) is 152 Å². The molecule has 0 spiro atoms. The van der Waals surface area contributed by atoms with Crippen LogP contribution in [0.15, 0.2) is 188 Å². The van der Waals surface area contributed by atoms with Crippen LogP contribution in [0.5, 0.6) is 0 Å². The zero-order valence-corrected chi connectivity index (χ0v) is 30.6. The van der Waals surface area contributed by atoms with E-state index in [-0.39, 0.29) is 0 Å². The van der Waals surface area contributed by atoms with Crippen molar-refractivity contribution in [2.45, 2.75) is 6.92 Å². The zero-order chi connectivity index (χ0) is 37.4. The molecule has 0 N–H and O–H groups in total. The molecule has 0 unspecified atom stereocenters. The van der Waals surface area contributed by atoms with E-state index in [0.717, 1.165) is 61.5 Å². The van der Waals surface area contributed by atoms with Crippen LogP contribution in [0.1, 0.15) is 5.56 Å². The van der Waals surface area contributed by atoms with Gasteiger partial charge in [0.2, 0.25) is 0 Å². The van der Waals surface area contributed by atoms with Gasteiger partial charge < -0.3 is 4.57 Å². The summed E-state index contributed by atoms with van der Waals surface area (Å²) < 4.78 is 2.33. The predicted octanol–water partition coefficient (Wildman–Crippen LogP) is 12.1. The molecule has 264 valence electrons. The third-order valence-corrected chi connectivity index (χ3v) is 10.1. The Balaban J connectivity index is 1.28. The molecule has 10 rings (SSSR count). The summed E-state index contributed by atoms with van der Waals surface area (Å²) in [5.41, 5.74) is 11.5. The van der Waals surface area contributed by atoms with Crippen LogP contribution < -0.4 is 0 Å². The van der Waals surface area contributed by atoms with Crippen LogP contribution in [-0.4, -0.2) is 29.5 Å². The molecule has 56 heavy (non-hydrogen) atoms. The van der Waals surface area contributed by atoms with Crippen LogP contribution in [0.25, 0.3) is 95.6 Å². The van der Waals surface area contributed by atoms with E-state index >= 15 is 0 Å². The molecule has 0 fully saturated rings. The smallest absolute Gasteiger partial charge is 0.166 e. The Morgan fingerprint density at radius 3 is 1.41 bits per heavy atom. The standard InChI is InChI=1S/C50H34N6/c1-33-26-28-40-39-24-14-15-25-44(39)56(46(40)30-33)45-29-27-38(49-51-42(34-16-6-2-7-17-34)32-43(52-49)35-18-8-3-9-19-35)31-41(45)50-54-47(36-20-10-4-11-21-36)53-48(55-50)37-22-12-5-13-23-37/h2-32H,1H3. The normalized spacial score (nSPS) is 11.3. The van der Waals surface area contributed by atoms with Gasteiger partial charge in [0.15, 0.2) is 23.3 Å². The summed E-state index contributed by atoms with van der Waals surface area (Å²) in [4.78, 5) is 25.9. The first-order chi connectivity index (χ1) is 27.7. The van der Waals surface area contributed by atoms with Crippen LogP contribution in [-0.2, 0) is 0 Å². The van der Waals surface area contributed by atoms with Gasteiger partial charge in [0.25, 0.3) is 0 Å². The van der Waals surface area contributed by atoms with Crippen molar-refractivity contribution < 1.29 is 0 Å². The summed E-state index contributed by atoms with van der Waals surface area (Å²) in [5.74, 6) is 2.35. The number of rotatable bonds is 7. The first-order valence-electron chi connectivity index (χ1n) is 18.7. The van der Waals surface area contributed by atoms with Crippen molar-refractivity contribution in [3.63, 3.8) is 0 Å². The van der Waals surface area contributed by atoms with E-state index in [2.05, 4.69) is 102 Å². The molecule has 10 aromatic rings. The second kappa shape index (κ2) is 14.0. The highest BCUT2D eigenvalue weighted by molar-refractivity contribution is 6.10. The number of benzene rings is 7. The minimum atomic E-state index is 0.552. The van der Waals surface area contributed by atoms with E-state index in [1.165, 1.54) is 16.3 Å². The lowest BCUT2D eigenvalue weighted by Crippen LogP contribution is -2.04. The fourth-order valence-corrected chi connectivity index (χ4v) is 7.41. The van der Waals surface area contributed by atoms with Gasteiger partial charge in [-0.05, 0) is 48.9 Å². The van der Waals surface area contributed by atoms with Crippen molar-refractivity contribution in [2.75, 3.05) is 0 Å². The minimum Gasteiger partial charge on any atom is -0.308 e. The minimum absolute atomic E-state index is 0.552. The Labute approximate surface area is 324 Å². The van der Waals surface area contributed by atoms with Crippen LogP contribution in [0.2, 0.25) is 0 Å². The molecule has 6 heteroatoms. The molecular weight excluding hydrogens is 685 g/mol. The highest BCUT2D eigenvalue weighted by atomic mass is 15.1. The molecule has 0 aliphatic heterocycles. The van der Waals surface area contributed by atoms with Gasteiger partial charge >= 0.3 is 0 Å². The Morgan fingerprint density at radius 1 is 0.339 bits per heavy atom. The largest absolute Gasteiger partial charge is 0.308 e. The van der Waals surface area contributed by atoms with E-state index in [1.807, 2.05) is 97.1 Å². The summed E-state index contributed by atoms with van der Waals surface area (Å²) in [6.07, 6.45) is 0. The Kier molecular flexibility index (Phi) is 8.26. The molecule has 3 aromatic heterocycles. The molecule has 0 radical (unpaired) electrons. The van der Waals surface area contributed by atoms with E-state index in [4.69, 9.17) is 24.9 Å². The van der Waals surface area contributed by atoms with Crippen LogP contribution in [0, 0.1) is 6.92 Å². The highest BCUT2D eigenvalue weighted by Crippen LogP contribution is 2.39. The number of aromatic nitrogens is 6. The van der Waals surface area contributed by atoms with E-state index in [0.29, 0.717) is 23.3 Å². The lowest BCUT2D eigenvalue weighted by Gasteiger charge is -2.16. The van der Waals surface area contributed by atoms with Gasteiger partial charge in [-0.15, -0.1) is 0 Å². The monoisotopic (exact) mass is 718 g/mol. The maximum Gasteiger partial charge on any atom is 0.166 e. The zero-order valence-electron chi connectivity index (χ0n) is 30.6. The summed E-state index contributed by atoms with van der Waals surface area (Å²) in [6, 6.07) is 64.4. The SMILES string of the molecule is Cc1ccc2c3ccccc3n(-c3ccc(-c4nc(-c5ccccc5)cc(-c5ccccc5)n4)cc3-c3nc(-c4ccccc4)nc(-c4ccccc4)n3)c2c1. The third kappa shape index (κ3) is 6.09. The number of fused-ring (bicyclic) bond motifs is 3. The molecule has 0 amide bonds. The Morgan fingerprint density at radius 2 is 0.821 bits per heavy atom. The lowest BCUT2D eigenvalue weighted by atomic mass is 10.0. The third-order valence-electron chi connectivity index (χ3n) is 10.1. The maximum absolute atomic E-state index is 5.24. The average molecular weight is 719 g/mol. The van der Waals surface area contributed by atoms with Gasteiger partial charge in [0.1, 0.15) is 0 Å². The van der Waals surface area contributed by atoms with Crippen LogP contribution in [0.3, 0.4) is 0 Å². The van der Waals surface area contributed by atoms with Gasteiger partial charge in [0.05, 0.1) is 28.1 Å². The van der Waals surface area contributed by atoms with E-state index < -0.39 is 0 Å². The molecule has 0 saturated heterocycles. The average Bonchev–Trinajstić information content (AvgIpc) is 3.60. The molecule has 0 bridgehead atoms. The summed E-state index contributed by atoms with van der Waals surface area (Å²) in [6.45, 7) is 2.14. The molecule has 0 atom stereocenters. The molecule has 7 aromatic carbocycles. The van der Waals surface area contributed by atoms with Crippen molar-refractivity contribution >= 4 is 21.8 Å². The topological polar surface area (TPSA) is 69.4 Å². The molecule has 6 nitrogen and oxygen atoms in total. The quantitative estimate of drug-likeness (QED) is 0.164. The van der Waals surface area contributed by atoms with Crippen molar-refractivity contribution in [3.8, 4) is 73.8 Å². The molecule has 0 aliphatic carbocycles. The van der Waals surface area contributed by atoms with Gasteiger partial charge in [-0.3, -0.25) is 0 Å². The van der Waals surface area contributed by atoms with Crippen LogP contribution >= 0.6 is 0 Å². The summed E-state index contributed by atoms with van der Waals surface area (Å²) in [5, 5.41) is 2.35. The maximum atomic E-state index is 5.24. The van der Waals surface area contributed by atoms with Crippen molar-refractivity contribution in [1.82, 2.24) is 29.5 Å². The van der Waals surface area contributed by atoms with Gasteiger partial charge in [0, 0.05) is 44.2 Å². The van der Waals surface area contributed by atoms with E-state index in [9.17, 15) is 0 Å². The summed E-state index contributed by atoms with van der Waals surface area (Å²) >= 11 is 0. The van der Waals surface area contributed by atoms with Gasteiger partial charge in [-0.2, -0.15) is 0 Å². The van der Waals surface area contributed by atoms with E-state index in [1.54, 1.807) is 0 Å². The van der Waals surface area contributed by atoms with Crippen molar-refractivity contribution in [1.29, 1.82) is 0 Å². The predicted molar refractivity (Wildman–Crippen MR) is 227 cm³/mol. The fraction of sp³-hybridized carbons (Fsp3) is 0.0200. The first-order valence-corrected chi connectivity index (χ1v) is 18.7. The lowest BCUT2D eigenvalue weighted by molar-refractivity contribution is 1.06. The molecule has 0 aliphatic rings. The second-order valence-corrected chi connectivity index (χ2v) is 13.8. The number of hydrogen-bond acceptors (Lipinski definition) is 5. The Hall–Kier alpha value is -7.57. The molecular formula is C50H34N6. The number of hydrogen-bond donors (Lipinski definition) is 0. The second-order valence-electron chi connectivity index (χ2n) is 13.8. The van der Waals surface area contributed by atoms with Crippen molar-refractivity contribution in [3.05, 3.63) is 194 Å². The van der Waals surface area contributed by atoms with Crippen molar-refractivity contribution in [2.24, 2.45) is 0 Å². The number of aryl methyl sites for hydroxylation is 1. The molecule has 3 heterocycles. The van der Waals surface area contributed by atoms with Gasteiger partial charge in [-0.25, -0.2) is 24.9 Å². The number of nitrogens with zero attached hydrogens (tertiary/aromatic N) is 6.